The molecule has 3 nitrogen and oxygen atoms in total. The summed E-state index contributed by atoms with van der Waals surface area (Å²) in [6, 6.07) is 3.39. The fourth-order valence-electron chi connectivity index (χ4n) is 1.59. The summed E-state index contributed by atoms with van der Waals surface area (Å²) in [5, 5.41) is 5.09. The molecule has 1 unspecified atom stereocenters. The van der Waals surface area contributed by atoms with Gasteiger partial charge in [-0.1, -0.05) is 31.5 Å². The van der Waals surface area contributed by atoms with Crippen molar-refractivity contribution in [2.75, 3.05) is 18.4 Å². The van der Waals surface area contributed by atoms with E-state index < -0.39 is 29.3 Å². The van der Waals surface area contributed by atoms with Crippen molar-refractivity contribution in [3.8, 4) is 0 Å². The molecule has 0 aliphatic rings. The minimum atomic E-state index is -4.57. The fraction of sp³-hybridized carbons (Fsp3) is 0.462. The van der Waals surface area contributed by atoms with Gasteiger partial charge in [-0.05, 0) is 18.7 Å². The Hall–Kier alpha value is -1.27. The Morgan fingerprint density at radius 2 is 2.05 bits per heavy atom. The number of anilines is 1. The van der Waals surface area contributed by atoms with E-state index in [2.05, 4.69) is 10.6 Å². The van der Waals surface area contributed by atoms with E-state index in [1.807, 2.05) is 6.92 Å². The second-order valence-electron chi connectivity index (χ2n) is 4.36. The van der Waals surface area contributed by atoms with Crippen LogP contribution >= 0.6 is 11.6 Å². The molecule has 0 fully saturated rings. The first kappa shape index (κ1) is 16.8. The average Bonchev–Trinajstić information content (AvgIpc) is 2.36. The quantitative estimate of drug-likeness (QED) is 0.873. The third-order valence-corrected chi connectivity index (χ3v) is 3.03. The van der Waals surface area contributed by atoms with Crippen LogP contribution in [0, 0.1) is 5.92 Å². The summed E-state index contributed by atoms with van der Waals surface area (Å²) in [6.07, 6.45) is -4.57. The van der Waals surface area contributed by atoms with Crippen LogP contribution in [0.1, 0.15) is 19.4 Å². The van der Waals surface area contributed by atoms with Gasteiger partial charge in [0.15, 0.2) is 0 Å². The molecule has 1 amide bonds. The van der Waals surface area contributed by atoms with E-state index in [1.165, 1.54) is 12.1 Å². The van der Waals surface area contributed by atoms with Gasteiger partial charge in [0, 0.05) is 12.5 Å². The molecule has 0 heterocycles. The van der Waals surface area contributed by atoms with Gasteiger partial charge in [-0.2, -0.15) is 13.2 Å². The number of carbonyl (C=O) groups is 1. The predicted molar refractivity (Wildman–Crippen MR) is 72.8 cm³/mol. The fourth-order valence-corrected chi connectivity index (χ4v) is 1.81. The van der Waals surface area contributed by atoms with Crippen molar-refractivity contribution >= 4 is 23.2 Å². The van der Waals surface area contributed by atoms with Crippen molar-refractivity contribution in [1.29, 1.82) is 0 Å². The molecule has 112 valence electrons. The lowest BCUT2D eigenvalue weighted by molar-refractivity contribution is -0.137. The van der Waals surface area contributed by atoms with Crippen LogP contribution in [0.5, 0.6) is 0 Å². The van der Waals surface area contributed by atoms with E-state index in [0.717, 1.165) is 6.07 Å². The number of nitrogens with one attached hydrogen (secondary N) is 2. The maximum Gasteiger partial charge on any atom is 0.418 e. The van der Waals surface area contributed by atoms with Gasteiger partial charge in [-0.3, -0.25) is 4.79 Å². The van der Waals surface area contributed by atoms with Gasteiger partial charge in [-0.25, -0.2) is 0 Å². The molecule has 0 saturated heterocycles. The van der Waals surface area contributed by atoms with Gasteiger partial charge in [0.05, 0.1) is 16.3 Å². The monoisotopic (exact) mass is 308 g/mol. The van der Waals surface area contributed by atoms with Crippen molar-refractivity contribution in [2.45, 2.75) is 20.0 Å². The normalized spacial score (nSPS) is 13.1. The summed E-state index contributed by atoms with van der Waals surface area (Å²) in [5.74, 6) is -0.975. The lowest BCUT2D eigenvalue weighted by Gasteiger charge is -2.17. The molecule has 0 spiro atoms. The number of benzene rings is 1. The predicted octanol–water partition coefficient (Wildman–Crippen LogP) is 3.54. The summed E-state index contributed by atoms with van der Waals surface area (Å²) in [6.45, 7) is 4.56. The lowest BCUT2D eigenvalue weighted by Crippen LogP contribution is -2.31. The van der Waals surface area contributed by atoms with Crippen LogP contribution in [-0.4, -0.2) is 19.0 Å². The maximum absolute atomic E-state index is 12.9. The summed E-state index contributed by atoms with van der Waals surface area (Å²) < 4.78 is 38.6. The molecular weight excluding hydrogens is 293 g/mol. The van der Waals surface area contributed by atoms with Crippen LogP contribution < -0.4 is 10.6 Å². The zero-order valence-electron chi connectivity index (χ0n) is 11.1. The van der Waals surface area contributed by atoms with Gasteiger partial charge < -0.3 is 10.6 Å². The Bertz CT molecular complexity index is 477. The van der Waals surface area contributed by atoms with E-state index in [-0.39, 0.29) is 5.02 Å². The second-order valence-corrected chi connectivity index (χ2v) is 4.77. The smallest absolute Gasteiger partial charge is 0.324 e. The van der Waals surface area contributed by atoms with Crippen LogP contribution in [-0.2, 0) is 11.0 Å². The molecule has 0 aliphatic heterocycles. The zero-order valence-corrected chi connectivity index (χ0v) is 11.9. The molecule has 1 aromatic carbocycles. The molecule has 0 aromatic heterocycles. The highest BCUT2D eigenvalue weighted by Crippen LogP contribution is 2.38. The van der Waals surface area contributed by atoms with Crippen molar-refractivity contribution in [3.05, 3.63) is 28.8 Å². The molecule has 1 atom stereocenters. The molecule has 0 aliphatic carbocycles. The van der Waals surface area contributed by atoms with Crippen LogP contribution in [0.3, 0.4) is 0 Å². The Balaban J connectivity index is 2.94. The molecule has 1 rings (SSSR count). The van der Waals surface area contributed by atoms with E-state index in [1.54, 1.807) is 6.92 Å². The minimum absolute atomic E-state index is 0.135. The van der Waals surface area contributed by atoms with E-state index in [0.29, 0.717) is 13.1 Å². The number of halogens is 4. The largest absolute Gasteiger partial charge is 0.418 e. The SMILES string of the molecule is CCNCC(C)C(=O)Nc1c(Cl)cccc1C(F)(F)F. The Kier molecular flexibility index (Phi) is 5.83. The van der Waals surface area contributed by atoms with Gasteiger partial charge >= 0.3 is 6.18 Å². The number of para-hydroxylation sites is 1. The van der Waals surface area contributed by atoms with Crippen LogP contribution in [0.25, 0.3) is 0 Å². The Labute approximate surface area is 120 Å². The first-order valence-electron chi connectivity index (χ1n) is 6.14. The van der Waals surface area contributed by atoms with Crippen LogP contribution in [0.15, 0.2) is 18.2 Å². The lowest BCUT2D eigenvalue weighted by atomic mass is 10.1. The third kappa shape index (κ3) is 4.38. The van der Waals surface area contributed by atoms with Gasteiger partial charge in [0.2, 0.25) is 5.91 Å². The van der Waals surface area contributed by atoms with E-state index >= 15 is 0 Å². The van der Waals surface area contributed by atoms with E-state index in [4.69, 9.17) is 11.6 Å². The number of carbonyl (C=O) groups excluding carboxylic acids is 1. The zero-order chi connectivity index (χ0) is 15.3. The van der Waals surface area contributed by atoms with Gasteiger partial charge in [0.1, 0.15) is 0 Å². The second kappa shape index (κ2) is 6.95. The number of alkyl halides is 3. The third-order valence-electron chi connectivity index (χ3n) is 2.72. The maximum atomic E-state index is 12.9. The highest BCUT2D eigenvalue weighted by molar-refractivity contribution is 6.34. The molecule has 0 saturated carbocycles. The van der Waals surface area contributed by atoms with Crippen molar-refractivity contribution < 1.29 is 18.0 Å². The van der Waals surface area contributed by atoms with E-state index in [9.17, 15) is 18.0 Å². The minimum Gasteiger partial charge on any atom is -0.324 e. The summed E-state index contributed by atoms with van der Waals surface area (Å²) in [5.41, 5.74) is -1.34. The molecule has 0 bridgehead atoms. The molecule has 2 N–H and O–H groups in total. The van der Waals surface area contributed by atoms with Crippen molar-refractivity contribution in [2.24, 2.45) is 5.92 Å². The van der Waals surface area contributed by atoms with Crippen molar-refractivity contribution in [3.63, 3.8) is 0 Å². The first-order valence-corrected chi connectivity index (χ1v) is 6.52. The standard InChI is InChI=1S/C13H16ClF3N2O/c1-3-18-7-8(2)12(20)19-11-9(13(15,16)17)5-4-6-10(11)14/h4-6,8,18H,3,7H2,1-2H3,(H,19,20). The van der Waals surface area contributed by atoms with Gasteiger partial charge in [-0.15, -0.1) is 0 Å². The van der Waals surface area contributed by atoms with Crippen LogP contribution in [0.2, 0.25) is 5.02 Å². The molecule has 7 heteroatoms. The number of hydrogen-bond donors (Lipinski definition) is 2. The van der Waals surface area contributed by atoms with Crippen molar-refractivity contribution in [1.82, 2.24) is 5.32 Å². The number of rotatable bonds is 5. The first-order chi connectivity index (χ1) is 9.27. The Morgan fingerprint density at radius 3 is 2.60 bits per heavy atom. The highest BCUT2D eigenvalue weighted by atomic mass is 35.5. The number of amides is 1. The molecule has 1 aromatic rings. The topological polar surface area (TPSA) is 41.1 Å². The van der Waals surface area contributed by atoms with Crippen LogP contribution in [0.4, 0.5) is 18.9 Å². The highest BCUT2D eigenvalue weighted by Gasteiger charge is 2.35. The summed E-state index contributed by atoms with van der Waals surface area (Å²) in [4.78, 5) is 11.9. The number of hydrogen-bond acceptors (Lipinski definition) is 2. The summed E-state index contributed by atoms with van der Waals surface area (Å²) in [7, 11) is 0. The molecular formula is C13H16ClF3N2O. The molecule has 20 heavy (non-hydrogen) atoms. The average molecular weight is 309 g/mol. The van der Waals surface area contributed by atoms with Gasteiger partial charge in [0.25, 0.3) is 0 Å². The molecule has 0 radical (unpaired) electrons. The Morgan fingerprint density at radius 1 is 1.40 bits per heavy atom. The summed E-state index contributed by atoms with van der Waals surface area (Å²) >= 11 is 5.76.